The summed E-state index contributed by atoms with van der Waals surface area (Å²) in [6.45, 7) is 2.05. The van der Waals surface area contributed by atoms with Crippen LogP contribution in [0.1, 0.15) is 6.92 Å². The largest absolute Gasteiger partial charge is 0.444 e. The number of hydrogen-bond acceptors (Lipinski definition) is 4. The molecule has 0 fully saturated rings. The monoisotopic (exact) mass is 362 g/mol. The van der Waals surface area contributed by atoms with Crippen molar-refractivity contribution in [3.05, 3.63) is 63.9 Å². The molecule has 124 valence electrons. The van der Waals surface area contributed by atoms with Crippen molar-refractivity contribution in [3.8, 4) is 0 Å². The molecule has 3 rings (SSSR count). The van der Waals surface area contributed by atoms with E-state index in [0.717, 1.165) is 4.70 Å². The Morgan fingerprint density at radius 1 is 1.29 bits per heavy atom. The lowest BCUT2D eigenvalue weighted by atomic mass is 10.3. The van der Waals surface area contributed by atoms with Crippen LogP contribution in [-0.4, -0.2) is 16.2 Å². The summed E-state index contributed by atoms with van der Waals surface area (Å²) in [7, 11) is 0. The van der Waals surface area contributed by atoms with Gasteiger partial charge in [-0.2, -0.15) is 0 Å². The van der Waals surface area contributed by atoms with Gasteiger partial charge in [0, 0.05) is 10.7 Å². The lowest BCUT2D eigenvalue weighted by Gasteiger charge is -2.13. The van der Waals surface area contributed by atoms with Crippen molar-refractivity contribution >= 4 is 45.0 Å². The molecule has 0 radical (unpaired) electrons. The second kappa shape index (κ2) is 7.07. The van der Waals surface area contributed by atoms with Crippen LogP contribution < -0.4 is 10.9 Å². The third-order valence-corrected chi connectivity index (χ3v) is 4.68. The molecule has 2 aromatic carbocycles. The summed E-state index contributed by atoms with van der Waals surface area (Å²) in [5.41, 5.74) is 0.486. The van der Waals surface area contributed by atoms with Gasteiger partial charge >= 0.3 is 6.09 Å². The van der Waals surface area contributed by atoms with Gasteiger partial charge in [0.1, 0.15) is 6.10 Å². The van der Waals surface area contributed by atoms with E-state index in [1.165, 1.54) is 11.5 Å². The zero-order valence-electron chi connectivity index (χ0n) is 12.9. The molecule has 24 heavy (non-hydrogen) atoms. The Morgan fingerprint density at radius 3 is 2.83 bits per heavy atom. The summed E-state index contributed by atoms with van der Waals surface area (Å²) >= 11 is 7.23. The first-order valence-electron chi connectivity index (χ1n) is 7.35. The molecular weight excluding hydrogens is 348 g/mol. The minimum Gasteiger partial charge on any atom is -0.444 e. The SMILES string of the molecule is CC(Cn1sc2ccccc2c1=O)OC(=O)Nc1cccc(Cl)c1. The minimum absolute atomic E-state index is 0.0682. The van der Waals surface area contributed by atoms with Gasteiger partial charge in [-0.3, -0.25) is 14.1 Å². The Labute approximate surface area is 147 Å². The summed E-state index contributed by atoms with van der Waals surface area (Å²) in [4.78, 5) is 24.2. The van der Waals surface area contributed by atoms with Crippen molar-refractivity contribution in [1.29, 1.82) is 0 Å². The molecule has 5 nitrogen and oxygen atoms in total. The van der Waals surface area contributed by atoms with Gasteiger partial charge < -0.3 is 4.74 Å². The number of fused-ring (bicyclic) bond motifs is 1. The van der Waals surface area contributed by atoms with Crippen LogP contribution in [0.2, 0.25) is 5.02 Å². The molecule has 1 amide bonds. The van der Waals surface area contributed by atoms with Crippen LogP contribution in [0.3, 0.4) is 0 Å². The Balaban J connectivity index is 1.64. The lowest BCUT2D eigenvalue weighted by molar-refractivity contribution is 0.112. The second-order valence-electron chi connectivity index (χ2n) is 5.30. The van der Waals surface area contributed by atoms with E-state index in [2.05, 4.69) is 5.32 Å². The number of rotatable bonds is 4. The number of ether oxygens (including phenoxy) is 1. The number of amides is 1. The van der Waals surface area contributed by atoms with Crippen LogP contribution in [0.25, 0.3) is 10.1 Å². The number of halogens is 1. The summed E-state index contributed by atoms with van der Waals surface area (Å²) in [5, 5.41) is 3.82. The number of nitrogens with one attached hydrogen (secondary N) is 1. The molecule has 0 saturated carbocycles. The first-order chi connectivity index (χ1) is 11.5. The Bertz CT molecular complexity index is 935. The van der Waals surface area contributed by atoms with Gasteiger partial charge in [-0.15, -0.1) is 0 Å². The minimum atomic E-state index is -0.584. The van der Waals surface area contributed by atoms with E-state index in [9.17, 15) is 9.59 Å². The van der Waals surface area contributed by atoms with Crippen LogP contribution in [0.4, 0.5) is 10.5 Å². The molecule has 1 aromatic heterocycles. The van der Waals surface area contributed by atoms with Crippen LogP contribution in [0.5, 0.6) is 0 Å². The predicted molar refractivity (Wildman–Crippen MR) is 97.1 cm³/mol. The third-order valence-electron chi connectivity index (χ3n) is 3.35. The molecule has 1 N–H and O–H groups in total. The van der Waals surface area contributed by atoms with Gasteiger partial charge in [-0.25, -0.2) is 4.79 Å². The average Bonchev–Trinajstić information content (AvgIpc) is 2.83. The Kier molecular flexibility index (Phi) is 4.87. The topological polar surface area (TPSA) is 60.3 Å². The highest BCUT2D eigenvalue weighted by Crippen LogP contribution is 2.17. The maximum absolute atomic E-state index is 12.3. The summed E-state index contributed by atoms with van der Waals surface area (Å²) in [5.74, 6) is 0. The zero-order valence-corrected chi connectivity index (χ0v) is 14.4. The number of aromatic nitrogens is 1. The van der Waals surface area contributed by atoms with Gasteiger partial charge in [-0.05, 0) is 37.3 Å². The molecule has 1 atom stereocenters. The van der Waals surface area contributed by atoms with Gasteiger partial charge in [0.25, 0.3) is 5.56 Å². The van der Waals surface area contributed by atoms with E-state index in [0.29, 0.717) is 22.6 Å². The zero-order chi connectivity index (χ0) is 17.1. The molecule has 0 aliphatic heterocycles. The van der Waals surface area contributed by atoms with Crippen molar-refractivity contribution in [2.45, 2.75) is 19.6 Å². The first kappa shape index (κ1) is 16.5. The second-order valence-corrected chi connectivity index (χ2v) is 6.80. The highest BCUT2D eigenvalue weighted by atomic mass is 35.5. The predicted octanol–water partition coefficient (Wildman–Crippen LogP) is 4.35. The molecule has 7 heteroatoms. The van der Waals surface area contributed by atoms with E-state index in [4.69, 9.17) is 16.3 Å². The average molecular weight is 363 g/mol. The van der Waals surface area contributed by atoms with Gasteiger partial charge in [0.15, 0.2) is 0 Å². The van der Waals surface area contributed by atoms with E-state index >= 15 is 0 Å². The Morgan fingerprint density at radius 2 is 2.08 bits per heavy atom. The summed E-state index contributed by atoms with van der Waals surface area (Å²) in [6, 6.07) is 14.2. The molecule has 0 aliphatic carbocycles. The van der Waals surface area contributed by atoms with Crippen LogP contribution in [-0.2, 0) is 11.3 Å². The number of benzene rings is 2. The van der Waals surface area contributed by atoms with E-state index in [1.54, 1.807) is 41.2 Å². The molecule has 0 saturated heterocycles. The van der Waals surface area contributed by atoms with Gasteiger partial charge in [0.2, 0.25) is 0 Å². The van der Waals surface area contributed by atoms with E-state index < -0.39 is 12.2 Å². The fraction of sp³-hybridized carbons (Fsp3) is 0.176. The lowest BCUT2D eigenvalue weighted by Crippen LogP contribution is -2.26. The number of nitrogens with zero attached hydrogens (tertiary/aromatic N) is 1. The van der Waals surface area contributed by atoms with E-state index in [-0.39, 0.29) is 5.56 Å². The normalized spacial score (nSPS) is 12.1. The third kappa shape index (κ3) is 3.77. The first-order valence-corrected chi connectivity index (χ1v) is 8.50. The fourth-order valence-electron chi connectivity index (χ4n) is 2.30. The molecule has 3 aromatic rings. The van der Waals surface area contributed by atoms with Crippen molar-refractivity contribution in [2.75, 3.05) is 5.32 Å². The van der Waals surface area contributed by atoms with Gasteiger partial charge in [-0.1, -0.05) is 41.3 Å². The summed E-state index contributed by atoms with van der Waals surface area (Å²) in [6.07, 6.45) is -1.03. The molecule has 1 heterocycles. The van der Waals surface area contributed by atoms with Crippen LogP contribution in [0.15, 0.2) is 53.3 Å². The number of carbonyl (C=O) groups excluding carboxylic acids is 1. The van der Waals surface area contributed by atoms with Crippen LogP contribution in [0, 0.1) is 0 Å². The number of carbonyl (C=O) groups is 1. The highest BCUT2D eigenvalue weighted by molar-refractivity contribution is 7.13. The van der Waals surface area contributed by atoms with Crippen molar-refractivity contribution in [3.63, 3.8) is 0 Å². The van der Waals surface area contributed by atoms with Crippen LogP contribution >= 0.6 is 23.1 Å². The molecule has 0 aliphatic rings. The molecule has 1 unspecified atom stereocenters. The van der Waals surface area contributed by atoms with E-state index in [1.807, 2.05) is 18.2 Å². The quantitative estimate of drug-likeness (QED) is 0.750. The summed E-state index contributed by atoms with van der Waals surface area (Å²) < 4.78 is 7.82. The molecule has 0 spiro atoms. The highest BCUT2D eigenvalue weighted by Gasteiger charge is 2.14. The van der Waals surface area contributed by atoms with Crippen molar-refractivity contribution < 1.29 is 9.53 Å². The van der Waals surface area contributed by atoms with Crippen molar-refractivity contribution in [2.24, 2.45) is 0 Å². The number of hydrogen-bond donors (Lipinski definition) is 1. The molecular formula is C17H15ClN2O3S. The van der Waals surface area contributed by atoms with Gasteiger partial charge in [0.05, 0.1) is 16.6 Å². The molecule has 0 bridgehead atoms. The maximum Gasteiger partial charge on any atom is 0.411 e. The standard InChI is InChI=1S/C17H15ClN2O3S/c1-11(23-17(22)19-13-6-4-5-12(18)9-13)10-20-16(21)14-7-2-3-8-15(14)24-20/h2-9,11H,10H2,1H3,(H,19,22). The Hall–Kier alpha value is -2.31. The smallest absolute Gasteiger partial charge is 0.411 e. The van der Waals surface area contributed by atoms with Crippen molar-refractivity contribution in [1.82, 2.24) is 3.96 Å². The fourth-order valence-corrected chi connectivity index (χ4v) is 3.59. The number of anilines is 1. The maximum atomic E-state index is 12.3.